The highest BCUT2D eigenvalue weighted by atomic mass is 16.5. The molecule has 49 heavy (non-hydrogen) atoms. The van der Waals surface area contributed by atoms with Crippen molar-refractivity contribution in [1.29, 1.82) is 0 Å². The van der Waals surface area contributed by atoms with Crippen molar-refractivity contribution in [3.63, 3.8) is 0 Å². The molecule has 0 radical (unpaired) electrons. The van der Waals surface area contributed by atoms with Crippen molar-refractivity contribution in [1.82, 2.24) is 24.4 Å². The predicted octanol–water partition coefficient (Wildman–Crippen LogP) is 6.72. The molecule has 4 aromatic carbocycles. The summed E-state index contributed by atoms with van der Waals surface area (Å²) >= 11 is 0. The first kappa shape index (κ1) is 31.7. The van der Waals surface area contributed by atoms with E-state index in [1.807, 2.05) is 65.2 Å². The van der Waals surface area contributed by atoms with Gasteiger partial charge in [-0.2, -0.15) is 9.97 Å². The fourth-order valence-corrected chi connectivity index (χ4v) is 5.93. The van der Waals surface area contributed by atoms with Crippen LogP contribution in [-0.2, 0) is 29.2 Å². The Labute approximate surface area is 285 Å². The first-order valence-electron chi connectivity index (χ1n) is 16.4. The number of carbonyl (C=O) groups excluding carboxylic acids is 1. The summed E-state index contributed by atoms with van der Waals surface area (Å²) in [5, 5.41) is 6.32. The number of anilines is 4. The lowest BCUT2D eigenvalue weighted by molar-refractivity contribution is -0.111. The highest BCUT2D eigenvalue weighted by molar-refractivity contribution is 5.99. The molecule has 2 N–H and O–H groups in total. The maximum Gasteiger partial charge on any atom is 0.247 e. The molecule has 1 fully saturated rings. The third-order valence-corrected chi connectivity index (χ3v) is 8.41. The van der Waals surface area contributed by atoms with Gasteiger partial charge in [0.05, 0.1) is 18.9 Å². The van der Waals surface area contributed by atoms with Gasteiger partial charge in [-0.25, -0.2) is 4.98 Å². The molecule has 6 aromatic rings. The summed E-state index contributed by atoms with van der Waals surface area (Å²) < 4.78 is 7.43. The van der Waals surface area contributed by atoms with Crippen molar-refractivity contribution in [2.24, 2.45) is 0 Å². The quantitative estimate of drug-likeness (QED) is 0.141. The number of ether oxygens (including phenoxy) is 1. The summed E-state index contributed by atoms with van der Waals surface area (Å²) in [4.78, 5) is 31.7. The zero-order chi connectivity index (χ0) is 33.4. The van der Waals surface area contributed by atoms with Crippen LogP contribution >= 0.6 is 0 Å². The lowest BCUT2D eigenvalue weighted by Crippen LogP contribution is -2.35. The molecule has 1 aliphatic heterocycles. The van der Waals surface area contributed by atoms with Crippen LogP contribution in [0.25, 0.3) is 16.9 Å². The fraction of sp³-hybridized carbons (Fsp3) is 0.179. The Balaban J connectivity index is 1.28. The second kappa shape index (κ2) is 14.9. The van der Waals surface area contributed by atoms with E-state index >= 15 is 0 Å². The second-order valence-electron chi connectivity index (χ2n) is 11.9. The van der Waals surface area contributed by atoms with Gasteiger partial charge in [0.2, 0.25) is 11.9 Å². The van der Waals surface area contributed by atoms with Crippen LogP contribution in [0.5, 0.6) is 0 Å². The van der Waals surface area contributed by atoms with E-state index in [4.69, 9.17) is 19.7 Å². The molecule has 0 atom stereocenters. The van der Waals surface area contributed by atoms with Crippen molar-refractivity contribution in [3.8, 4) is 5.69 Å². The van der Waals surface area contributed by atoms with Gasteiger partial charge in [-0.15, -0.1) is 0 Å². The number of nitrogens with zero attached hydrogens (tertiary/aromatic N) is 6. The Kier molecular flexibility index (Phi) is 9.67. The van der Waals surface area contributed by atoms with Crippen LogP contribution in [0.15, 0.2) is 128 Å². The third-order valence-electron chi connectivity index (χ3n) is 8.41. The van der Waals surface area contributed by atoms with Gasteiger partial charge in [-0.05, 0) is 53.1 Å². The van der Waals surface area contributed by atoms with Crippen molar-refractivity contribution < 1.29 is 9.53 Å². The maximum absolute atomic E-state index is 12.1. The molecule has 7 rings (SSSR count). The van der Waals surface area contributed by atoms with Crippen LogP contribution in [0.2, 0.25) is 0 Å². The normalized spacial score (nSPS) is 13.2. The highest BCUT2D eigenvalue weighted by Gasteiger charge is 2.21. The van der Waals surface area contributed by atoms with E-state index in [1.165, 1.54) is 11.6 Å². The molecule has 2 aromatic heterocycles. The monoisotopic (exact) mass is 650 g/mol. The molecule has 0 spiro atoms. The first-order valence-corrected chi connectivity index (χ1v) is 16.4. The highest BCUT2D eigenvalue weighted by Crippen LogP contribution is 2.30. The summed E-state index contributed by atoms with van der Waals surface area (Å²) in [6.07, 6.45) is 3.00. The van der Waals surface area contributed by atoms with Gasteiger partial charge in [0, 0.05) is 44.1 Å². The SMILES string of the molecule is C=CC(=O)Nc1cccc(-n2cnc3c(N(Cc4ccccc4)Cc4ccccc4)nc(Nc4ccc(CN5CCOCC5)cc4)nc32)c1. The summed E-state index contributed by atoms with van der Waals surface area (Å²) in [6, 6.07) is 36.7. The number of nitrogens with one attached hydrogen (secondary N) is 2. The summed E-state index contributed by atoms with van der Waals surface area (Å²) in [7, 11) is 0. The Morgan fingerprint density at radius 3 is 2.18 bits per heavy atom. The smallest absolute Gasteiger partial charge is 0.247 e. The van der Waals surface area contributed by atoms with E-state index in [0.29, 0.717) is 41.7 Å². The fourth-order valence-electron chi connectivity index (χ4n) is 5.93. The van der Waals surface area contributed by atoms with Crippen molar-refractivity contribution >= 4 is 40.2 Å². The van der Waals surface area contributed by atoms with Crippen molar-refractivity contribution in [2.45, 2.75) is 19.6 Å². The minimum absolute atomic E-state index is 0.280. The topological polar surface area (TPSA) is 100 Å². The summed E-state index contributed by atoms with van der Waals surface area (Å²) in [5.41, 5.74) is 7.17. The van der Waals surface area contributed by atoms with Crippen LogP contribution in [0.4, 0.5) is 23.1 Å². The van der Waals surface area contributed by atoms with Crippen LogP contribution < -0.4 is 15.5 Å². The number of carbonyl (C=O) groups is 1. The molecule has 10 heteroatoms. The van der Waals surface area contributed by atoms with Gasteiger partial charge in [0.25, 0.3) is 0 Å². The standard InChI is InChI=1S/C39H38N8O2/c1-2-35(48)41-33-14-9-15-34(24-33)47-28-40-36-37(46(26-29-10-5-3-6-11-29)27-30-12-7-4-8-13-30)43-39(44-38(36)47)42-32-18-16-31(17-19-32)25-45-20-22-49-23-21-45/h2-19,24,28H,1,20-23,25-27H2,(H,41,48)(H,42,43,44). The number of morpholine rings is 1. The number of rotatable bonds is 12. The Morgan fingerprint density at radius 1 is 0.816 bits per heavy atom. The van der Waals surface area contributed by atoms with Crippen LogP contribution in [0.3, 0.4) is 0 Å². The Hall–Kier alpha value is -5.84. The third kappa shape index (κ3) is 7.83. The molecule has 0 bridgehead atoms. The molecule has 246 valence electrons. The van der Waals surface area contributed by atoms with Crippen LogP contribution in [0, 0.1) is 0 Å². The van der Waals surface area contributed by atoms with E-state index in [9.17, 15) is 4.79 Å². The molecular formula is C39H38N8O2. The van der Waals surface area contributed by atoms with E-state index < -0.39 is 0 Å². The number of fused-ring (bicyclic) bond motifs is 1. The van der Waals surface area contributed by atoms with Gasteiger partial charge < -0.3 is 20.3 Å². The van der Waals surface area contributed by atoms with Crippen molar-refractivity contribution in [3.05, 3.63) is 145 Å². The number of imidazole rings is 1. The van der Waals surface area contributed by atoms with E-state index in [-0.39, 0.29) is 5.91 Å². The minimum Gasteiger partial charge on any atom is -0.379 e. The van der Waals surface area contributed by atoms with Gasteiger partial charge in [-0.3, -0.25) is 14.3 Å². The van der Waals surface area contributed by atoms with E-state index in [2.05, 4.69) is 75.5 Å². The van der Waals surface area contributed by atoms with Gasteiger partial charge in [0.1, 0.15) is 6.33 Å². The molecule has 1 saturated heterocycles. The van der Waals surface area contributed by atoms with Gasteiger partial charge in [-0.1, -0.05) is 85.4 Å². The number of hydrogen-bond donors (Lipinski definition) is 2. The molecule has 10 nitrogen and oxygen atoms in total. The molecule has 1 amide bonds. The molecule has 3 heterocycles. The lowest BCUT2D eigenvalue weighted by atomic mass is 10.1. The van der Waals surface area contributed by atoms with Crippen LogP contribution in [-0.4, -0.2) is 56.6 Å². The molecule has 0 unspecified atom stereocenters. The van der Waals surface area contributed by atoms with Crippen LogP contribution in [0.1, 0.15) is 16.7 Å². The van der Waals surface area contributed by atoms with Crippen molar-refractivity contribution in [2.75, 3.05) is 41.8 Å². The summed E-state index contributed by atoms with van der Waals surface area (Å²) in [6.45, 7) is 9.12. The first-order chi connectivity index (χ1) is 24.1. The zero-order valence-electron chi connectivity index (χ0n) is 27.2. The number of benzene rings is 4. The zero-order valence-corrected chi connectivity index (χ0v) is 27.2. The van der Waals surface area contributed by atoms with Gasteiger partial charge >= 0.3 is 0 Å². The van der Waals surface area contributed by atoms with Gasteiger partial charge in [0.15, 0.2) is 17.0 Å². The maximum atomic E-state index is 12.1. The minimum atomic E-state index is -0.280. The van der Waals surface area contributed by atoms with E-state index in [1.54, 1.807) is 6.33 Å². The molecular weight excluding hydrogens is 612 g/mol. The second-order valence-corrected chi connectivity index (χ2v) is 11.9. The lowest BCUT2D eigenvalue weighted by Gasteiger charge is -2.26. The average Bonchev–Trinajstić information content (AvgIpc) is 3.57. The molecule has 1 aliphatic rings. The largest absolute Gasteiger partial charge is 0.379 e. The van der Waals surface area contributed by atoms with E-state index in [0.717, 1.165) is 55.3 Å². The molecule has 0 saturated carbocycles. The summed E-state index contributed by atoms with van der Waals surface area (Å²) in [5.74, 6) is 0.878. The molecule has 0 aliphatic carbocycles. The number of aromatic nitrogens is 4. The average molecular weight is 651 g/mol. The Bertz CT molecular complexity index is 1980. The number of hydrogen-bond acceptors (Lipinski definition) is 8. The Morgan fingerprint density at radius 2 is 1.51 bits per heavy atom. The predicted molar refractivity (Wildman–Crippen MR) is 194 cm³/mol. The number of amides is 1.